The minimum absolute atomic E-state index is 0.0938. The SMILES string of the molecule is CSCC(=S)Nc1c(SC(F)(F)F)c(C#N)nn1-c1c(Cl)cc(C(F)(F)F)cc1Cl. The highest BCUT2D eigenvalue weighted by molar-refractivity contribution is 8.00. The Hall–Kier alpha value is -1.33. The van der Waals surface area contributed by atoms with E-state index in [1.807, 2.05) is 0 Å². The molecule has 0 aliphatic rings. The van der Waals surface area contributed by atoms with E-state index in [1.165, 1.54) is 17.8 Å². The van der Waals surface area contributed by atoms with Crippen LogP contribution in [0, 0.1) is 11.3 Å². The first-order chi connectivity index (χ1) is 13.8. The number of nitriles is 1. The van der Waals surface area contributed by atoms with Crippen LogP contribution in [0.3, 0.4) is 0 Å². The molecule has 0 unspecified atom stereocenters. The number of alkyl halides is 6. The van der Waals surface area contributed by atoms with Crippen molar-refractivity contribution < 1.29 is 26.3 Å². The maximum absolute atomic E-state index is 13.1. The molecule has 0 saturated heterocycles. The number of thiocarbonyl (C=S) groups is 1. The van der Waals surface area contributed by atoms with E-state index in [0.29, 0.717) is 12.1 Å². The molecule has 0 bridgehead atoms. The van der Waals surface area contributed by atoms with Crippen LogP contribution in [0.15, 0.2) is 17.0 Å². The lowest BCUT2D eigenvalue weighted by Crippen LogP contribution is -2.16. The van der Waals surface area contributed by atoms with E-state index >= 15 is 0 Å². The van der Waals surface area contributed by atoms with Crippen molar-refractivity contribution in [1.82, 2.24) is 9.78 Å². The van der Waals surface area contributed by atoms with Crippen molar-refractivity contribution in [3.63, 3.8) is 0 Å². The first-order valence-electron chi connectivity index (χ1n) is 7.42. The lowest BCUT2D eigenvalue weighted by Gasteiger charge is -2.16. The van der Waals surface area contributed by atoms with E-state index < -0.39 is 55.5 Å². The van der Waals surface area contributed by atoms with Gasteiger partial charge in [-0.15, -0.1) is 0 Å². The molecule has 0 fully saturated rings. The Labute approximate surface area is 189 Å². The number of thioether (sulfide) groups is 2. The molecule has 1 aromatic carbocycles. The lowest BCUT2D eigenvalue weighted by atomic mass is 10.2. The largest absolute Gasteiger partial charge is 0.446 e. The summed E-state index contributed by atoms with van der Waals surface area (Å²) in [7, 11) is 0. The summed E-state index contributed by atoms with van der Waals surface area (Å²) in [5.41, 5.74) is -6.93. The summed E-state index contributed by atoms with van der Waals surface area (Å²) in [5.74, 6) is -0.177. The van der Waals surface area contributed by atoms with Crippen molar-refractivity contribution in [2.75, 3.05) is 17.3 Å². The van der Waals surface area contributed by atoms with Crippen LogP contribution in [0.2, 0.25) is 10.0 Å². The molecule has 0 saturated carbocycles. The highest BCUT2D eigenvalue weighted by atomic mass is 35.5. The van der Waals surface area contributed by atoms with Crippen molar-refractivity contribution in [3.8, 4) is 11.8 Å². The maximum atomic E-state index is 13.1. The number of nitrogens with zero attached hydrogens (tertiary/aromatic N) is 3. The van der Waals surface area contributed by atoms with E-state index in [1.54, 1.807) is 6.26 Å². The molecule has 0 atom stereocenters. The van der Waals surface area contributed by atoms with Gasteiger partial charge in [-0.05, 0) is 30.2 Å². The Morgan fingerprint density at radius 1 is 1.23 bits per heavy atom. The highest BCUT2D eigenvalue weighted by Gasteiger charge is 2.36. The minimum Gasteiger partial charge on any atom is -0.333 e. The quantitative estimate of drug-likeness (QED) is 0.264. The van der Waals surface area contributed by atoms with Crippen LogP contribution in [0.25, 0.3) is 5.69 Å². The van der Waals surface area contributed by atoms with Gasteiger partial charge in [0, 0.05) is 5.75 Å². The average Bonchev–Trinajstić information content (AvgIpc) is 2.89. The molecule has 0 aliphatic carbocycles. The Kier molecular flexibility index (Phi) is 7.84. The van der Waals surface area contributed by atoms with Gasteiger partial charge in [-0.25, -0.2) is 4.68 Å². The number of aromatic nitrogens is 2. The molecule has 30 heavy (non-hydrogen) atoms. The standard InChI is InChI=1S/C15H8Cl2F6N4S3/c1-29-5-10(28)25-13-12(30-15(21,22)23)9(4-24)26-27(13)11-7(16)2-6(3-8(11)17)14(18,19)20/h2-3H,5H2,1H3,(H,25,28). The molecule has 15 heteroatoms. The molecule has 2 aromatic rings. The normalized spacial score (nSPS) is 12.0. The third-order valence-electron chi connectivity index (χ3n) is 3.25. The Balaban J connectivity index is 2.76. The van der Waals surface area contributed by atoms with Gasteiger partial charge in [0.15, 0.2) is 5.69 Å². The zero-order valence-corrected chi connectivity index (χ0v) is 18.4. The summed E-state index contributed by atoms with van der Waals surface area (Å²) in [5, 5.41) is 14.5. The second-order valence-electron chi connectivity index (χ2n) is 5.37. The number of hydrogen-bond acceptors (Lipinski definition) is 5. The topological polar surface area (TPSA) is 53.6 Å². The fraction of sp³-hybridized carbons (Fsp3) is 0.267. The zero-order chi connectivity index (χ0) is 22.9. The third-order valence-corrected chi connectivity index (χ3v) is 5.66. The molecule has 162 valence electrons. The van der Waals surface area contributed by atoms with Gasteiger partial charge in [0.25, 0.3) is 0 Å². The summed E-state index contributed by atoms with van der Waals surface area (Å²) in [6.07, 6.45) is -3.06. The van der Waals surface area contributed by atoms with Crippen LogP contribution in [0.1, 0.15) is 11.3 Å². The van der Waals surface area contributed by atoms with E-state index in [0.717, 1.165) is 4.68 Å². The number of nitrogens with one attached hydrogen (secondary N) is 1. The van der Waals surface area contributed by atoms with Gasteiger partial charge in [0.2, 0.25) is 0 Å². The van der Waals surface area contributed by atoms with Crippen molar-refractivity contribution in [2.45, 2.75) is 16.6 Å². The predicted molar refractivity (Wildman–Crippen MR) is 110 cm³/mol. The lowest BCUT2D eigenvalue weighted by molar-refractivity contribution is -0.137. The Bertz CT molecular complexity index is 991. The summed E-state index contributed by atoms with van der Waals surface area (Å²) in [4.78, 5) is -0.531. The fourth-order valence-electron chi connectivity index (χ4n) is 2.19. The van der Waals surface area contributed by atoms with E-state index in [4.69, 9.17) is 35.4 Å². The van der Waals surface area contributed by atoms with Crippen molar-refractivity contribution >= 4 is 69.7 Å². The summed E-state index contributed by atoms with van der Waals surface area (Å²) in [6, 6.07) is 2.63. The minimum atomic E-state index is -4.79. The van der Waals surface area contributed by atoms with Gasteiger partial charge in [0.05, 0.1) is 25.5 Å². The molecule has 4 nitrogen and oxygen atoms in total. The monoisotopic (exact) mass is 524 g/mol. The molecule has 1 heterocycles. The van der Waals surface area contributed by atoms with Crippen LogP contribution in [0.5, 0.6) is 0 Å². The van der Waals surface area contributed by atoms with Crippen LogP contribution in [0.4, 0.5) is 32.2 Å². The van der Waals surface area contributed by atoms with Gasteiger partial charge < -0.3 is 5.32 Å². The molecule has 1 N–H and O–H groups in total. The highest BCUT2D eigenvalue weighted by Crippen LogP contribution is 2.45. The molecule has 2 rings (SSSR count). The smallest absolute Gasteiger partial charge is 0.333 e. The van der Waals surface area contributed by atoms with Crippen LogP contribution in [-0.4, -0.2) is 32.3 Å². The molecular formula is C15H8Cl2F6N4S3. The number of rotatable bonds is 5. The van der Waals surface area contributed by atoms with Gasteiger partial charge in [-0.3, -0.25) is 0 Å². The van der Waals surface area contributed by atoms with E-state index in [-0.39, 0.29) is 16.4 Å². The van der Waals surface area contributed by atoms with Gasteiger partial charge in [-0.2, -0.15) is 48.5 Å². The summed E-state index contributed by atoms with van der Waals surface area (Å²) >= 11 is 17.6. The Morgan fingerprint density at radius 2 is 1.80 bits per heavy atom. The van der Waals surface area contributed by atoms with Crippen molar-refractivity contribution in [2.24, 2.45) is 0 Å². The summed E-state index contributed by atoms with van der Waals surface area (Å²) < 4.78 is 78.8. The number of benzene rings is 1. The van der Waals surface area contributed by atoms with Gasteiger partial charge in [-0.1, -0.05) is 35.4 Å². The predicted octanol–water partition coefficient (Wildman–Crippen LogP) is 6.78. The molecule has 0 amide bonds. The second kappa shape index (κ2) is 9.44. The van der Waals surface area contributed by atoms with Gasteiger partial charge in [0.1, 0.15) is 17.6 Å². The van der Waals surface area contributed by atoms with Crippen LogP contribution >= 0.6 is 58.9 Å². The van der Waals surface area contributed by atoms with Crippen LogP contribution in [-0.2, 0) is 6.18 Å². The molecule has 0 spiro atoms. The number of hydrogen-bond donors (Lipinski definition) is 1. The Morgan fingerprint density at radius 3 is 2.23 bits per heavy atom. The number of halogens is 8. The third kappa shape index (κ3) is 5.88. The summed E-state index contributed by atoms with van der Waals surface area (Å²) in [6.45, 7) is 0. The molecule has 0 radical (unpaired) electrons. The second-order valence-corrected chi connectivity index (χ2v) is 8.61. The molecule has 0 aliphatic heterocycles. The van der Waals surface area contributed by atoms with Crippen molar-refractivity contribution in [1.29, 1.82) is 5.26 Å². The molecule has 1 aromatic heterocycles. The first-order valence-corrected chi connectivity index (χ1v) is 10.8. The van der Waals surface area contributed by atoms with Gasteiger partial charge >= 0.3 is 11.7 Å². The van der Waals surface area contributed by atoms with Crippen molar-refractivity contribution in [3.05, 3.63) is 33.4 Å². The van der Waals surface area contributed by atoms with E-state index in [9.17, 15) is 31.6 Å². The zero-order valence-electron chi connectivity index (χ0n) is 14.5. The van der Waals surface area contributed by atoms with E-state index in [2.05, 4.69) is 10.4 Å². The fourth-order valence-corrected chi connectivity index (χ4v) is 4.27. The van der Waals surface area contributed by atoms with Crippen LogP contribution < -0.4 is 5.32 Å². The number of anilines is 1. The first kappa shape index (κ1) is 24.9. The molecular weight excluding hydrogens is 517 g/mol. The average molecular weight is 525 g/mol. The maximum Gasteiger partial charge on any atom is 0.446 e.